The predicted molar refractivity (Wildman–Crippen MR) is 104 cm³/mol. The van der Waals surface area contributed by atoms with Crippen LogP contribution < -0.4 is 0 Å². The highest BCUT2D eigenvalue weighted by atomic mass is 16.6. The monoisotopic (exact) mass is 368 g/mol. The number of carbonyl (C=O) groups is 2. The van der Waals surface area contributed by atoms with Crippen LogP contribution in [0.2, 0.25) is 0 Å². The summed E-state index contributed by atoms with van der Waals surface area (Å²) in [5.41, 5.74) is 4.59. The van der Waals surface area contributed by atoms with Gasteiger partial charge in [-0.25, -0.2) is 9.59 Å². The zero-order chi connectivity index (χ0) is 19.4. The van der Waals surface area contributed by atoms with Gasteiger partial charge in [0.2, 0.25) is 0 Å². The number of carboxylic acids is 1. The third kappa shape index (κ3) is 3.82. The van der Waals surface area contributed by atoms with Crippen LogP contribution >= 0.6 is 0 Å². The van der Waals surface area contributed by atoms with Crippen molar-refractivity contribution < 1.29 is 19.4 Å². The Morgan fingerprint density at radius 3 is 2.15 bits per heavy atom. The maximum absolute atomic E-state index is 12.5. The third-order valence-corrected chi connectivity index (χ3v) is 5.21. The Bertz CT molecular complexity index is 787. The number of nitrogens with zero attached hydrogens (tertiary/aromatic N) is 1. The second kappa shape index (κ2) is 8.25. The minimum absolute atomic E-state index is 0.0336. The molecule has 0 saturated heterocycles. The first-order valence-corrected chi connectivity index (χ1v) is 9.35. The molecule has 0 aromatic heterocycles. The second-order valence-corrected chi connectivity index (χ2v) is 6.91. The minimum Gasteiger partial charge on any atom is -0.480 e. The molecule has 1 N–H and O–H groups in total. The number of ether oxygens (including phenoxy) is 1. The molecule has 2 aromatic rings. The van der Waals surface area contributed by atoms with Gasteiger partial charge in [0.25, 0.3) is 0 Å². The van der Waals surface area contributed by atoms with Gasteiger partial charge in [0.15, 0.2) is 0 Å². The molecule has 0 spiro atoms. The number of hydrogen-bond donors (Lipinski definition) is 1. The number of unbranched alkanes of at least 4 members (excludes halogenated alkanes) is 1. The Hall–Kier alpha value is -2.82. The van der Waals surface area contributed by atoms with E-state index >= 15 is 0 Å². The van der Waals surface area contributed by atoms with E-state index in [-0.39, 0.29) is 12.5 Å². The summed E-state index contributed by atoms with van der Waals surface area (Å²) in [6, 6.07) is 15.4. The molecule has 5 heteroatoms. The summed E-state index contributed by atoms with van der Waals surface area (Å²) in [5, 5.41) is 9.41. The quantitative estimate of drug-likeness (QED) is 0.730. The number of aliphatic carboxylic acids is 1. The van der Waals surface area contributed by atoms with Crippen LogP contribution in [-0.2, 0) is 9.53 Å². The van der Waals surface area contributed by atoms with E-state index in [4.69, 9.17) is 4.74 Å². The summed E-state index contributed by atoms with van der Waals surface area (Å²) in [4.78, 5) is 25.2. The van der Waals surface area contributed by atoms with E-state index in [1.165, 1.54) is 11.9 Å². The molecule has 142 valence electrons. The lowest BCUT2D eigenvalue weighted by molar-refractivity contribution is -0.142. The molecule has 1 amide bonds. The van der Waals surface area contributed by atoms with Crippen LogP contribution in [0.15, 0.2) is 48.5 Å². The number of likely N-dealkylation sites (N-methyl/N-ethyl adjacent to an activating group) is 1. The van der Waals surface area contributed by atoms with Crippen LogP contribution in [-0.4, -0.2) is 41.8 Å². The summed E-state index contributed by atoms with van der Waals surface area (Å²) in [7, 11) is 1.49. The summed E-state index contributed by atoms with van der Waals surface area (Å²) < 4.78 is 5.54. The van der Waals surface area contributed by atoms with Crippen molar-refractivity contribution in [3.05, 3.63) is 59.7 Å². The maximum Gasteiger partial charge on any atom is 0.410 e. The van der Waals surface area contributed by atoms with Crippen molar-refractivity contribution in [2.75, 3.05) is 13.7 Å². The average Bonchev–Trinajstić information content (AvgIpc) is 3.00. The van der Waals surface area contributed by atoms with Gasteiger partial charge in [-0.05, 0) is 28.7 Å². The molecule has 0 unspecified atom stereocenters. The van der Waals surface area contributed by atoms with Crippen LogP contribution in [0.5, 0.6) is 0 Å². The van der Waals surface area contributed by atoms with Crippen LogP contribution in [0.25, 0.3) is 11.1 Å². The van der Waals surface area contributed by atoms with E-state index < -0.39 is 18.1 Å². The van der Waals surface area contributed by atoms with Crippen LogP contribution in [0.3, 0.4) is 0 Å². The zero-order valence-corrected chi connectivity index (χ0v) is 15.7. The lowest BCUT2D eigenvalue weighted by Crippen LogP contribution is -2.43. The van der Waals surface area contributed by atoms with Crippen molar-refractivity contribution in [1.29, 1.82) is 0 Å². The molecule has 2 aromatic carbocycles. The van der Waals surface area contributed by atoms with Crippen molar-refractivity contribution in [2.45, 2.75) is 38.1 Å². The van der Waals surface area contributed by atoms with Crippen LogP contribution in [0, 0.1) is 0 Å². The summed E-state index contributed by atoms with van der Waals surface area (Å²) >= 11 is 0. The Balaban J connectivity index is 1.73. The maximum atomic E-state index is 12.5. The predicted octanol–water partition coefficient (Wildman–Crippen LogP) is 4.51. The molecule has 5 nitrogen and oxygen atoms in total. The second-order valence-electron chi connectivity index (χ2n) is 6.91. The molecule has 0 saturated carbocycles. The molecule has 0 aliphatic heterocycles. The van der Waals surface area contributed by atoms with E-state index in [9.17, 15) is 14.7 Å². The fourth-order valence-electron chi connectivity index (χ4n) is 3.70. The Kier molecular flexibility index (Phi) is 5.79. The highest BCUT2D eigenvalue weighted by molar-refractivity contribution is 5.81. The van der Waals surface area contributed by atoms with Crippen LogP contribution in [0.4, 0.5) is 4.79 Å². The van der Waals surface area contributed by atoms with Gasteiger partial charge in [-0.3, -0.25) is 4.90 Å². The Morgan fingerprint density at radius 1 is 1.07 bits per heavy atom. The smallest absolute Gasteiger partial charge is 0.410 e. The zero-order valence-electron chi connectivity index (χ0n) is 15.7. The molecular weight excluding hydrogens is 343 g/mol. The van der Waals surface area contributed by atoms with E-state index in [1.807, 2.05) is 31.2 Å². The van der Waals surface area contributed by atoms with Gasteiger partial charge in [0, 0.05) is 13.0 Å². The lowest BCUT2D eigenvalue weighted by Gasteiger charge is -2.25. The topological polar surface area (TPSA) is 66.8 Å². The van der Waals surface area contributed by atoms with E-state index in [0.717, 1.165) is 35.1 Å². The molecule has 1 atom stereocenters. The normalized spacial score (nSPS) is 13.6. The van der Waals surface area contributed by atoms with E-state index in [2.05, 4.69) is 24.3 Å². The molecule has 1 aliphatic carbocycles. The molecule has 3 rings (SSSR count). The minimum atomic E-state index is -1.00. The number of fused-ring (bicyclic) bond motifs is 3. The highest BCUT2D eigenvalue weighted by Crippen LogP contribution is 2.44. The molecule has 1 aliphatic rings. The van der Waals surface area contributed by atoms with E-state index in [0.29, 0.717) is 6.42 Å². The molecule has 0 fully saturated rings. The average molecular weight is 368 g/mol. The SMILES string of the molecule is CCCC[C@@H](C(=O)O)N(C)[13C](=O)OCC1c2ccccc2-c2ccccc21. The lowest BCUT2D eigenvalue weighted by atomic mass is 9.98. The third-order valence-electron chi connectivity index (χ3n) is 5.21. The number of amides is 1. The first-order chi connectivity index (χ1) is 13.0. The van der Waals surface area contributed by atoms with Crippen molar-refractivity contribution >= 4 is 12.1 Å². The van der Waals surface area contributed by atoms with Crippen LogP contribution in [0.1, 0.15) is 43.2 Å². The Morgan fingerprint density at radius 2 is 1.63 bits per heavy atom. The number of carboxylic acid groups (broad SMARTS) is 1. The van der Waals surface area contributed by atoms with Crippen molar-refractivity contribution in [1.82, 2.24) is 4.90 Å². The number of benzene rings is 2. The van der Waals surface area contributed by atoms with Gasteiger partial charge in [0.05, 0.1) is 0 Å². The van der Waals surface area contributed by atoms with Gasteiger partial charge in [-0.15, -0.1) is 0 Å². The number of carbonyl (C=O) groups excluding carboxylic acids is 1. The molecule has 0 heterocycles. The van der Waals surface area contributed by atoms with Crippen molar-refractivity contribution in [3.8, 4) is 11.1 Å². The van der Waals surface area contributed by atoms with Gasteiger partial charge in [-0.2, -0.15) is 0 Å². The Labute approximate surface area is 159 Å². The van der Waals surface area contributed by atoms with Gasteiger partial charge >= 0.3 is 12.1 Å². The molecular formula is C22H25NO4. The largest absolute Gasteiger partial charge is 0.480 e. The first-order valence-electron chi connectivity index (χ1n) is 9.35. The molecule has 0 radical (unpaired) electrons. The molecule has 0 bridgehead atoms. The van der Waals surface area contributed by atoms with E-state index in [1.54, 1.807) is 0 Å². The summed E-state index contributed by atoms with van der Waals surface area (Å²) in [6.45, 7) is 2.18. The summed E-state index contributed by atoms with van der Waals surface area (Å²) in [6.07, 6.45) is 1.45. The number of rotatable bonds is 7. The summed E-state index contributed by atoms with van der Waals surface area (Å²) in [5.74, 6) is -1.03. The van der Waals surface area contributed by atoms with Gasteiger partial charge < -0.3 is 9.84 Å². The standard InChI is InChI=1S/C22H25NO4/c1-3-4-13-20(21(24)25)23(2)22(26)27-14-19-17-11-7-5-9-15(17)16-10-6-8-12-18(16)19/h5-12,19-20H,3-4,13-14H2,1-2H3,(H,24,25)/t20-/m0/s1/i22+1. The molecule has 27 heavy (non-hydrogen) atoms. The first kappa shape index (κ1) is 19.0. The van der Waals surface area contributed by atoms with Crippen molar-refractivity contribution in [2.24, 2.45) is 0 Å². The van der Waals surface area contributed by atoms with Gasteiger partial charge in [-0.1, -0.05) is 68.3 Å². The number of hydrogen-bond acceptors (Lipinski definition) is 3. The fraction of sp³-hybridized carbons (Fsp3) is 0.364. The van der Waals surface area contributed by atoms with Crippen molar-refractivity contribution in [3.63, 3.8) is 0 Å². The van der Waals surface area contributed by atoms with Gasteiger partial charge in [0.1, 0.15) is 12.6 Å². The fourth-order valence-corrected chi connectivity index (χ4v) is 3.70. The highest BCUT2D eigenvalue weighted by Gasteiger charge is 2.31.